The third-order valence-electron chi connectivity index (χ3n) is 2.20. The Morgan fingerprint density at radius 2 is 2.08 bits per heavy atom. The van der Waals surface area contributed by atoms with Gasteiger partial charge >= 0.3 is 7.12 Å². The van der Waals surface area contributed by atoms with Crippen LogP contribution in [0.4, 0.5) is 0 Å². The molecule has 1 aromatic rings. The van der Waals surface area contributed by atoms with Crippen LogP contribution in [0.5, 0.6) is 0 Å². The second-order valence-electron chi connectivity index (χ2n) is 3.38. The van der Waals surface area contributed by atoms with Gasteiger partial charge in [-0.05, 0) is 30.3 Å². The maximum Gasteiger partial charge on any atom is 0.488 e. The largest absolute Gasteiger partial charge is 0.488 e. The number of pyridine rings is 1. The van der Waals surface area contributed by atoms with E-state index in [4.69, 9.17) is 10.0 Å². The van der Waals surface area contributed by atoms with Gasteiger partial charge in [0.15, 0.2) is 0 Å². The summed E-state index contributed by atoms with van der Waals surface area (Å²) in [6.07, 6.45) is 2.14. The molecule has 1 fully saturated rings. The van der Waals surface area contributed by atoms with Gasteiger partial charge in [-0.3, -0.25) is 4.79 Å². The minimum absolute atomic E-state index is 0.269. The third kappa shape index (κ3) is 1.81. The monoisotopic (exact) mass is 179 g/mol. The van der Waals surface area contributed by atoms with E-state index in [0.29, 0.717) is 5.92 Å². The molecule has 5 heteroatoms. The average Bonchev–Trinajstić information content (AvgIpc) is 2.85. The Hall–Kier alpha value is -1.07. The van der Waals surface area contributed by atoms with E-state index >= 15 is 0 Å². The first kappa shape index (κ1) is 8.53. The predicted octanol–water partition coefficient (Wildman–Crippen LogP) is -1.07. The number of aromatic nitrogens is 1. The Kier molecular flexibility index (Phi) is 1.98. The highest BCUT2D eigenvalue weighted by Gasteiger charge is 2.25. The van der Waals surface area contributed by atoms with Crippen LogP contribution in [0.25, 0.3) is 0 Å². The lowest BCUT2D eigenvalue weighted by atomic mass is 9.80. The summed E-state index contributed by atoms with van der Waals surface area (Å²) in [7, 11) is -1.56. The summed E-state index contributed by atoms with van der Waals surface area (Å²) >= 11 is 0. The molecule has 0 spiro atoms. The second-order valence-corrected chi connectivity index (χ2v) is 3.38. The minimum Gasteiger partial charge on any atom is -0.423 e. The van der Waals surface area contributed by atoms with Gasteiger partial charge in [0.1, 0.15) is 0 Å². The van der Waals surface area contributed by atoms with Crippen LogP contribution >= 0.6 is 0 Å². The normalized spacial score (nSPS) is 15.8. The van der Waals surface area contributed by atoms with Crippen molar-refractivity contribution < 1.29 is 10.0 Å². The molecule has 1 saturated carbocycles. The summed E-state index contributed by atoms with van der Waals surface area (Å²) in [4.78, 5) is 13.8. The molecule has 0 aliphatic heterocycles. The van der Waals surface area contributed by atoms with Gasteiger partial charge in [-0.1, -0.05) is 0 Å². The third-order valence-corrected chi connectivity index (χ3v) is 2.20. The fourth-order valence-corrected chi connectivity index (χ4v) is 1.35. The highest BCUT2D eigenvalue weighted by Crippen LogP contribution is 2.38. The van der Waals surface area contributed by atoms with Crippen LogP contribution in [0, 0.1) is 0 Å². The zero-order chi connectivity index (χ0) is 9.42. The van der Waals surface area contributed by atoms with Gasteiger partial charge in [0, 0.05) is 11.8 Å². The van der Waals surface area contributed by atoms with Crippen molar-refractivity contribution in [3.63, 3.8) is 0 Å². The van der Waals surface area contributed by atoms with Crippen molar-refractivity contribution in [2.24, 2.45) is 0 Å². The van der Waals surface area contributed by atoms with Gasteiger partial charge in [0.25, 0.3) is 0 Å². The van der Waals surface area contributed by atoms with Crippen molar-refractivity contribution in [3.05, 3.63) is 28.2 Å². The van der Waals surface area contributed by atoms with Gasteiger partial charge in [-0.15, -0.1) is 0 Å². The molecule has 0 bridgehead atoms. The molecule has 4 nitrogen and oxygen atoms in total. The molecule has 0 atom stereocenters. The highest BCUT2D eigenvalue weighted by molar-refractivity contribution is 6.58. The standard InChI is InChI=1S/C8H10BNO3/c11-8-4-6(9(12)13)3-7(10-8)5-1-2-5/h3-5,12-13H,1-2H2,(H,10,11). The van der Waals surface area contributed by atoms with Crippen LogP contribution in [-0.2, 0) is 0 Å². The molecule has 1 heterocycles. The maximum absolute atomic E-state index is 11.1. The van der Waals surface area contributed by atoms with Gasteiger partial charge in [0.2, 0.25) is 5.56 Å². The summed E-state index contributed by atoms with van der Waals surface area (Å²) in [5, 5.41) is 17.8. The van der Waals surface area contributed by atoms with E-state index in [1.54, 1.807) is 6.07 Å². The molecule has 13 heavy (non-hydrogen) atoms. The number of H-pyrrole nitrogens is 1. The van der Waals surface area contributed by atoms with Crippen molar-refractivity contribution >= 4 is 12.6 Å². The molecule has 0 unspecified atom stereocenters. The van der Waals surface area contributed by atoms with E-state index in [1.807, 2.05) is 0 Å². The topological polar surface area (TPSA) is 73.3 Å². The molecule has 2 rings (SSSR count). The van der Waals surface area contributed by atoms with Crippen LogP contribution in [0.15, 0.2) is 16.9 Å². The number of hydrogen-bond acceptors (Lipinski definition) is 3. The van der Waals surface area contributed by atoms with Crippen LogP contribution in [0.3, 0.4) is 0 Å². The van der Waals surface area contributed by atoms with E-state index in [2.05, 4.69) is 4.98 Å². The molecule has 1 aromatic heterocycles. The number of aromatic amines is 1. The van der Waals surface area contributed by atoms with Gasteiger partial charge in [0.05, 0.1) is 0 Å². The zero-order valence-electron chi connectivity index (χ0n) is 7.03. The lowest BCUT2D eigenvalue weighted by Crippen LogP contribution is -2.33. The van der Waals surface area contributed by atoms with Crippen molar-refractivity contribution in [2.45, 2.75) is 18.8 Å². The van der Waals surface area contributed by atoms with E-state index in [9.17, 15) is 4.79 Å². The fraction of sp³-hybridized carbons (Fsp3) is 0.375. The molecular formula is C8H10BNO3. The predicted molar refractivity (Wildman–Crippen MR) is 48.9 cm³/mol. The van der Waals surface area contributed by atoms with E-state index < -0.39 is 7.12 Å². The lowest BCUT2D eigenvalue weighted by molar-refractivity contribution is 0.425. The first-order valence-corrected chi connectivity index (χ1v) is 4.27. The first-order chi connectivity index (χ1) is 6.16. The van der Waals surface area contributed by atoms with Crippen LogP contribution in [0.1, 0.15) is 24.5 Å². The van der Waals surface area contributed by atoms with Crippen LogP contribution in [-0.4, -0.2) is 22.2 Å². The van der Waals surface area contributed by atoms with Gasteiger partial charge in [-0.2, -0.15) is 0 Å². The van der Waals surface area contributed by atoms with E-state index in [1.165, 1.54) is 6.07 Å². The second kappa shape index (κ2) is 3.01. The SMILES string of the molecule is O=c1cc(B(O)O)cc(C2CC2)[nH]1. The highest BCUT2D eigenvalue weighted by atomic mass is 16.4. The Bertz CT molecular complexity index is 347. The number of hydrogen-bond donors (Lipinski definition) is 3. The summed E-state index contributed by atoms with van der Waals surface area (Å²) in [6.45, 7) is 0. The van der Waals surface area contributed by atoms with Crippen molar-refractivity contribution in [1.82, 2.24) is 4.98 Å². The molecule has 0 radical (unpaired) electrons. The summed E-state index contributed by atoms with van der Waals surface area (Å²) in [5.74, 6) is 0.409. The van der Waals surface area contributed by atoms with Crippen LogP contribution < -0.4 is 11.0 Å². The molecule has 0 aromatic carbocycles. The Morgan fingerprint density at radius 3 is 2.62 bits per heavy atom. The van der Waals surface area contributed by atoms with E-state index in [-0.39, 0.29) is 11.0 Å². The first-order valence-electron chi connectivity index (χ1n) is 4.27. The Morgan fingerprint density at radius 1 is 1.38 bits per heavy atom. The molecule has 0 amide bonds. The number of rotatable bonds is 2. The van der Waals surface area contributed by atoms with Gasteiger partial charge in [-0.25, -0.2) is 0 Å². The minimum atomic E-state index is -1.56. The van der Waals surface area contributed by atoms with Crippen molar-refractivity contribution in [2.75, 3.05) is 0 Å². The molecule has 0 saturated heterocycles. The summed E-state index contributed by atoms with van der Waals surface area (Å²) in [5.41, 5.74) is 0.814. The molecule has 3 N–H and O–H groups in total. The zero-order valence-corrected chi connectivity index (χ0v) is 7.03. The van der Waals surface area contributed by atoms with Crippen molar-refractivity contribution in [3.8, 4) is 0 Å². The lowest BCUT2D eigenvalue weighted by Gasteiger charge is -2.01. The average molecular weight is 179 g/mol. The summed E-state index contributed by atoms with van der Waals surface area (Å²) in [6, 6.07) is 2.85. The smallest absolute Gasteiger partial charge is 0.423 e. The van der Waals surface area contributed by atoms with Crippen molar-refractivity contribution in [1.29, 1.82) is 0 Å². The van der Waals surface area contributed by atoms with Crippen LogP contribution in [0.2, 0.25) is 0 Å². The quantitative estimate of drug-likeness (QED) is 0.506. The summed E-state index contributed by atoms with van der Waals surface area (Å²) < 4.78 is 0. The fourth-order valence-electron chi connectivity index (χ4n) is 1.35. The number of nitrogens with one attached hydrogen (secondary N) is 1. The maximum atomic E-state index is 11.1. The molecular weight excluding hydrogens is 169 g/mol. The molecule has 68 valence electrons. The molecule has 1 aliphatic rings. The van der Waals surface area contributed by atoms with E-state index in [0.717, 1.165) is 18.5 Å². The Balaban J connectivity index is 2.41. The van der Waals surface area contributed by atoms with Gasteiger partial charge < -0.3 is 15.0 Å². The Labute approximate surface area is 75.4 Å². The molecule has 1 aliphatic carbocycles.